The van der Waals surface area contributed by atoms with Gasteiger partial charge in [-0.25, -0.2) is 4.98 Å². The Bertz CT molecular complexity index is 444. The van der Waals surface area contributed by atoms with E-state index >= 15 is 0 Å². The fourth-order valence-corrected chi connectivity index (χ4v) is 2.38. The Hall–Kier alpha value is -0.910. The third-order valence-electron chi connectivity index (χ3n) is 3.19. The number of imidazole rings is 1. The summed E-state index contributed by atoms with van der Waals surface area (Å²) in [5.41, 5.74) is 6.93. The second kappa shape index (κ2) is 5.16. The number of ether oxygens (including phenoxy) is 1. The van der Waals surface area contributed by atoms with Gasteiger partial charge < -0.3 is 10.5 Å². The Kier molecular flexibility index (Phi) is 3.81. The van der Waals surface area contributed by atoms with Gasteiger partial charge in [0.2, 0.25) is 0 Å². The molecule has 0 unspecified atom stereocenters. The molecule has 0 aliphatic heterocycles. The summed E-state index contributed by atoms with van der Waals surface area (Å²) in [6, 6.07) is 0. The predicted octanol–water partition coefficient (Wildman–Crippen LogP) is 2.43. The van der Waals surface area contributed by atoms with Crippen LogP contribution in [0.25, 0.3) is 4.96 Å². The molecule has 0 saturated heterocycles. The van der Waals surface area contributed by atoms with Crippen LogP contribution in [0, 0.1) is 0 Å². The molecular formula is C12H19N3OS. The number of hydrogen-bond donors (Lipinski definition) is 1. The molecule has 2 aromatic heterocycles. The fourth-order valence-electron chi connectivity index (χ4n) is 1.66. The molecule has 17 heavy (non-hydrogen) atoms. The van der Waals surface area contributed by atoms with E-state index in [-0.39, 0.29) is 5.54 Å². The largest absolute Gasteiger partial charge is 0.373 e. The standard InChI is InChI=1S/C12H19N3OS/c1-3-12(13,4-2)9-16-8-10-7-15-5-6-17-11(15)14-10/h5-7H,3-4,8-9,13H2,1-2H3. The molecule has 0 fully saturated rings. The SMILES string of the molecule is CCC(N)(CC)COCc1cn2ccsc2n1. The lowest BCUT2D eigenvalue weighted by Crippen LogP contribution is -2.43. The van der Waals surface area contributed by atoms with Crippen LogP contribution in [-0.2, 0) is 11.3 Å². The van der Waals surface area contributed by atoms with Gasteiger partial charge in [0, 0.05) is 23.3 Å². The highest BCUT2D eigenvalue weighted by Gasteiger charge is 2.20. The van der Waals surface area contributed by atoms with Crippen LogP contribution in [-0.4, -0.2) is 21.5 Å². The molecular weight excluding hydrogens is 234 g/mol. The van der Waals surface area contributed by atoms with E-state index in [0.717, 1.165) is 23.5 Å². The van der Waals surface area contributed by atoms with E-state index in [1.807, 2.05) is 22.2 Å². The first-order chi connectivity index (χ1) is 8.17. The molecule has 2 aromatic rings. The van der Waals surface area contributed by atoms with E-state index in [2.05, 4.69) is 18.8 Å². The highest BCUT2D eigenvalue weighted by Crippen LogP contribution is 2.14. The number of aromatic nitrogens is 2. The number of nitrogens with two attached hydrogens (primary N) is 1. The van der Waals surface area contributed by atoms with Gasteiger partial charge in [-0.1, -0.05) is 13.8 Å². The molecule has 2 heterocycles. The maximum atomic E-state index is 6.17. The molecule has 0 bridgehead atoms. The van der Waals surface area contributed by atoms with Gasteiger partial charge in [0.15, 0.2) is 4.96 Å². The third kappa shape index (κ3) is 2.86. The van der Waals surface area contributed by atoms with Crippen LogP contribution in [0.5, 0.6) is 0 Å². The molecule has 0 aliphatic rings. The first kappa shape index (κ1) is 12.5. The van der Waals surface area contributed by atoms with Crippen molar-refractivity contribution < 1.29 is 4.74 Å². The van der Waals surface area contributed by atoms with Gasteiger partial charge in [-0.2, -0.15) is 0 Å². The topological polar surface area (TPSA) is 52.5 Å². The molecule has 4 nitrogen and oxygen atoms in total. The van der Waals surface area contributed by atoms with Crippen molar-refractivity contribution >= 4 is 16.3 Å². The molecule has 0 aromatic carbocycles. The van der Waals surface area contributed by atoms with E-state index < -0.39 is 0 Å². The van der Waals surface area contributed by atoms with Crippen LogP contribution < -0.4 is 5.73 Å². The number of rotatable bonds is 6. The summed E-state index contributed by atoms with van der Waals surface area (Å²) in [4.78, 5) is 5.47. The van der Waals surface area contributed by atoms with Crippen LogP contribution in [0.3, 0.4) is 0 Å². The predicted molar refractivity (Wildman–Crippen MR) is 70.2 cm³/mol. The van der Waals surface area contributed by atoms with Crippen LogP contribution in [0.15, 0.2) is 17.8 Å². The Morgan fingerprint density at radius 1 is 1.47 bits per heavy atom. The smallest absolute Gasteiger partial charge is 0.193 e. The Labute approximate surface area is 105 Å². The van der Waals surface area contributed by atoms with Crippen molar-refractivity contribution in [1.82, 2.24) is 9.38 Å². The molecule has 5 heteroatoms. The quantitative estimate of drug-likeness (QED) is 0.860. The van der Waals surface area contributed by atoms with E-state index in [1.165, 1.54) is 0 Å². The average molecular weight is 253 g/mol. The molecule has 0 saturated carbocycles. The zero-order chi connectivity index (χ0) is 12.3. The van der Waals surface area contributed by atoms with Crippen molar-refractivity contribution in [3.63, 3.8) is 0 Å². The zero-order valence-electron chi connectivity index (χ0n) is 10.3. The Balaban J connectivity index is 1.88. The van der Waals surface area contributed by atoms with Gasteiger partial charge >= 0.3 is 0 Å². The molecule has 2 N–H and O–H groups in total. The fraction of sp³-hybridized carbons (Fsp3) is 0.583. The molecule has 0 spiro atoms. The van der Waals surface area contributed by atoms with E-state index in [1.54, 1.807) is 11.3 Å². The first-order valence-electron chi connectivity index (χ1n) is 5.94. The summed E-state index contributed by atoms with van der Waals surface area (Å²) in [6.07, 6.45) is 5.87. The minimum absolute atomic E-state index is 0.197. The van der Waals surface area contributed by atoms with Gasteiger partial charge in [0.1, 0.15) is 0 Å². The second-order valence-corrected chi connectivity index (χ2v) is 5.26. The second-order valence-electron chi connectivity index (χ2n) is 4.39. The molecule has 0 aliphatic carbocycles. The molecule has 0 atom stereocenters. The number of nitrogens with zero attached hydrogens (tertiary/aromatic N) is 2. The van der Waals surface area contributed by atoms with Crippen LogP contribution >= 0.6 is 11.3 Å². The maximum absolute atomic E-state index is 6.17. The van der Waals surface area contributed by atoms with Crippen molar-refractivity contribution in [2.75, 3.05) is 6.61 Å². The lowest BCUT2D eigenvalue weighted by Gasteiger charge is -2.25. The van der Waals surface area contributed by atoms with Crippen molar-refractivity contribution in [3.05, 3.63) is 23.5 Å². The zero-order valence-corrected chi connectivity index (χ0v) is 11.2. The van der Waals surface area contributed by atoms with Gasteiger partial charge in [0.25, 0.3) is 0 Å². The van der Waals surface area contributed by atoms with Gasteiger partial charge in [0.05, 0.1) is 18.9 Å². The third-order valence-corrected chi connectivity index (χ3v) is 3.96. The summed E-state index contributed by atoms with van der Waals surface area (Å²) in [5.74, 6) is 0. The van der Waals surface area contributed by atoms with Crippen LogP contribution in [0.4, 0.5) is 0 Å². The lowest BCUT2D eigenvalue weighted by atomic mass is 9.96. The average Bonchev–Trinajstić information content (AvgIpc) is 2.89. The normalized spacial score (nSPS) is 12.4. The maximum Gasteiger partial charge on any atom is 0.193 e. The van der Waals surface area contributed by atoms with Crippen molar-refractivity contribution in [2.45, 2.75) is 38.8 Å². The van der Waals surface area contributed by atoms with E-state index in [0.29, 0.717) is 13.2 Å². The van der Waals surface area contributed by atoms with Crippen LogP contribution in [0.1, 0.15) is 32.4 Å². The van der Waals surface area contributed by atoms with E-state index in [9.17, 15) is 0 Å². The summed E-state index contributed by atoms with van der Waals surface area (Å²) in [6.45, 7) is 5.32. The van der Waals surface area contributed by atoms with Gasteiger partial charge in [-0.15, -0.1) is 11.3 Å². The summed E-state index contributed by atoms with van der Waals surface area (Å²) >= 11 is 1.63. The minimum Gasteiger partial charge on any atom is -0.373 e. The van der Waals surface area contributed by atoms with Crippen molar-refractivity contribution in [1.29, 1.82) is 0 Å². The summed E-state index contributed by atoms with van der Waals surface area (Å²) < 4.78 is 7.68. The lowest BCUT2D eigenvalue weighted by molar-refractivity contribution is 0.0680. The van der Waals surface area contributed by atoms with Crippen LogP contribution in [0.2, 0.25) is 0 Å². The molecule has 2 rings (SSSR count). The van der Waals surface area contributed by atoms with E-state index in [4.69, 9.17) is 10.5 Å². The highest BCUT2D eigenvalue weighted by molar-refractivity contribution is 7.15. The van der Waals surface area contributed by atoms with Gasteiger partial charge in [-0.3, -0.25) is 4.40 Å². The minimum atomic E-state index is -0.197. The Morgan fingerprint density at radius 3 is 2.88 bits per heavy atom. The van der Waals surface area contributed by atoms with Gasteiger partial charge in [-0.05, 0) is 12.8 Å². The summed E-state index contributed by atoms with van der Waals surface area (Å²) in [7, 11) is 0. The Morgan fingerprint density at radius 2 is 2.24 bits per heavy atom. The summed E-state index contributed by atoms with van der Waals surface area (Å²) in [5, 5.41) is 2.02. The monoisotopic (exact) mass is 253 g/mol. The number of fused-ring (bicyclic) bond motifs is 1. The first-order valence-corrected chi connectivity index (χ1v) is 6.82. The van der Waals surface area contributed by atoms with Crippen molar-refractivity contribution in [2.24, 2.45) is 5.73 Å². The number of thiazole rings is 1. The van der Waals surface area contributed by atoms with Crippen molar-refractivity contribution in [3.8, 4) is 0 Å². The molecule has 94 valence electrons. The number of hydrogen-bond acceptors (Lipinski definition) is 4. The molecule has 0 radical (unpaired) electrons. The highest BCUT2D eigenvalue weighted by atomic mass is 32.1. The molecule has 0 amide bonds.